The molecule has 0 bridgehead atoms. The first-order valence-corrected chi connectivity index (χ1v) is 12.8. The van der Waals surface area contributed by atoms with Crippen molar-refractivity contribution in [2.45, 2.75) is 33.0 Å². The summed E-state index contributed by atoms with van der Waals surface area (Å²) in [6, 6.07) is 18.8. The van der Waals surface area contributed by atoms with Crippen LogP contribution in [0, 0.1) is 6.92 Å². The molecule has 1 aliphatic rings. The molecule has 1 atom stereocenters. The molecular formula is C29H38N4O3. The van der Waals surface area contributed by atoms with E-state index in [0.29, 0.717) is 26.4 Å². The van der Waals surface area contributed by atoms with Crippen molar-refractivity contribution in [3.05, 3.63) is 77.0 Å². The number of aliphatic hydroxyl groups is 1. The summed E-state index contributed by atoms with van der Waals surface area (Å²) in [7, 11) is 1.71. The molecule has 3 aromatic rings. The fourth-order valence-electron chi connectivity index (χ4n) is 4.59. The van der Waals surface area contributed by atoms with Gasteiger partial charge >= 0.3 is 0 Å². The van der Waals surface area contributed by atoms with Gasteiger partial charge in [-0.2, -0.15) is 0 Å². The van der Waals surface area contributed by atoms with E-state index in [1.54, 1.807) is 7.11 Å². The fourth-order valence-corrected chi connectivity index (χ4v) is 4.59. The predicted molar refractivity (Wildman–Crippen MR) is 143 cm³/mol. The highest BCUT2D eigenvalue weighted by Gasteiger charge is 2.25. The van der Waals surface area contributed by atoms with E-state index in [9.17, 15) is 5.11 Å². The van der Waals surface area contributed by atoms with Gasteiger partial charge in [-0.1, -0.05) is 60.2 Å². The van der Waals surface area contributed by atoms with Crippen LogP contribution in [0.5, 0.6) is 0 Å². The molecule has 0 saturated carbocycles. The number of aliphatic hydroxyl groups excluding tert-OH is 1. The summed E-state index contributed by atoms with van der Waals surface area (Å²) in [5.41, 5.74) is 5.51. The molecule has 1 fully saturated rings. The molecule has 0 aliphatic carbocycles. The first-order valence-electron chi connectivity index (χ1n) is 12.8. The highest BCUT2D eigenvalue weighted by Crippen LogP contribution is 2.29. The van der Waals surface area contributed by atoms with Gasteiger partial charge in [0.2, 0.25) is 0 Å². The Hall–Kier alpha value is -2.84. The van der Waals surface area contributed by atoms with Gasteiger partial charge in [0.1, 0.15) is 5.82 Å². The molecule has 1 N–H and O–H groups in total. The normalized spacial score (nSPS) is 15.3. The Morgan fingerprint density at radius 2 is 1.69 bits per heavy atom. The first-order chi connectivity index (χ1) is 17.6. The Labute approximate surface area is 214 Å². The van der Waals surface area contributed by atoms with Crippen molar-refractivity contribution in [3.63, 3.8) is 0 Å². The summed E-state index contributed by atoms with van der Waals surface area (Å²) in [4.78, 5) is 14.7. The summed E-state index contributed by atoms with van der Waals surface area (Å²) >= 11 is 0. The number of methoxy groups -OCH3 is 1. The molecule has 4 rings (SSSR count). The minimum absolute atomic E-state index is 0.379. The molecule has 0 unspecified atom stereocenters. The number of rotatable bonds is 11. The van der Waals surface area contributed by atoms with Gasteiger partial charge in [0, 0.05) is 64.0 Å². The van der Waals surface area contributed by atoms with Crippen molar-refractivity contribution in [3.8, 4) is 11.4 Å². The lowest BCUT2D eigenvalue weighted by molar-refractivity contribution is 0.0202. The van der Waals surface area contributed by atoms with Crippen molar-refractivity contribution in [2.75, 3.05) is 57.9 Å². The van der Waals surface area contributed by atoms with E-state index in [0.717, 1.165) is 61.1 Å². The summed E-state index contributed by atoms with van der Waals surface area (Å²) in [5, 5.41) is 10.3. The number of β-amino-alcohol motifs (C(OH)–C–C–N with tert-alkyl or cyclic N) is 1. The third-order valence-corrected chi connectivity index (χ3v) is 6.54. The standard InChI is InChI=1S/C29H38N4O3/c1-4-36-20-25(34)19-32-14-16-33(17-15-32)29-26(18-23-12-10-22(2)11-13-23)27(21-35-3)30-28(31-29)24-8-6-5-7-9-24/h5-13,25,34H,4,14-21H2,1-3H3/t25-/m0/s1. The quantitative estimate of drug-likeness (QED) is 0.439. The fraction of sp³-hybridized carbons (Fsp3) is 0.448. The number of aryl methyl sites for hydroxylation is 1. The second kappa shape index (κ2) is 12.9. The van der Waals surface area contributed by atoms with Crippen LogP contribution in [0.25, 0.3) is 11.4 Å². The van der Waals surface area contributed by atoms with E-state index in [-0.39, 0.29) is 0 Å². The van der Waals surface area contributed by atoms with Crippen LogP contribution < -0.4 is 4.90 Å². The van der Waals surface area contributed by atoms with Crippen LogP contribution in [0.15, 0.2) is 54.6 Å². The van der Waals surface area contributed by atoms with Crippen molar-refractivity contribution in [2.24, 2.45) is 0 Å². The number of piperazine rings is 1. The van der Waals surface area contributed by atoms with Gasteiger partial charge in [0.05, 0.1) is 25.0 Å². The molecule has 0 amide bonds. The van der Waals surface area contributed by atoms with Crippen LogP contribution in [0.3, 0.4) is 0 Å². The van der Waals surface area contributed by atoms with Gasteiger partial charge in [0.15, 0.2) is 5.82 Å². The van der Waals surface area contributed by atoms with Crippen LogP contribution in [-0.4, -0.2) is 79.1 Å². The zero-order chi connectivity index (χ0) is 25.3. The van der Waals surface area contributed by atoms with E-state index in [2.05, 4.69) is 41.0 Å². The molecule has 2 heterocycles. The van der Waals surface area contributed by atoms with Gasteiger partial charge in [-0.3, -0.25) is 4.90 Å². The molecule has 0 spiro atoms. The van der Waals surface area contributed by atoms with Crippen molar-refractivity contribution in [1.82, 2.24) is 14.9 Å². The number of anilines is 1. The van der Waals surface area contributed by atoms with E-state index in [4.69, 9.17) is 19.4 Å². The molecule has 192 valence electrons. The van der Waals surface area contributed by atoms with Crippen LogP contribution in [0.1, 0.15) is 29.3 Å². The van der Waals surface area contributed by atoms with Crippen molar-refractivity contribution >= 4 is 5.82 Å². The number of aromatic nitrogens is 2. The molecule has 1 aliphatic heterocycles. The Kier molecular flexibility index (Phi) is 9.41. The maximum absolute atomic E-state index is 10.3. The molecule has 36 heavy (non-hydrogen) atoms. The maximum atomic E-state index is 10.3. The lowest BCUT2D eigenvalue weighted by atomic mass is 10.0. The zero-order valence-electron chi connectivity index (χ0n) is 21.7. The average molecular weight is 491 g/mol. The highest BCUT2D eigenvalue weighted by molar-refractivity contribution is 5.61. The lowest BCUT2D eigenvalue weighted by Crippen LogP contribution is -2.49. The number of nitrogens with zero attached hydrogens (tertiary/aromatic N) is 4. The minimum atomic E-state index is -0.467. The second-order valence-corrected chi connectivity index (χ2v) is 9.36. The van der Waals surface area contributed by atoms with E-state index < -0.39 is 6.10 Å². The molecule has 0 radical (unpaired) electrons. The van der Waals surface area contributed by atoms with E-state index >= 15 is 0 Å². The van der Waals surface area contributed by atoms with E-state index in [1.807, 2.05) is 37.3 Å². The van der Waals surface area contributed by atoms with Crippen molar-refractivity contribution < 1.29 is 14.6 Å². The SMILES string of the molecule is CCOC[C@@H](O)CN1CCN(c2nc(-c3ccccc3)nc(COC)c2Cc2ccc(C)cc2)CC1. The van der Waals surface area contributed by atoms with Crippen LogP contribution >= 0.6 is 0 Å². The summed E-state index contributed by atoms with van der Waals surface area (Å²) in [5.74, 6) is 1.70. The van der Waals surface area contributed by atoms with Gasteiger partial charge in [-0.15, -0.1) is 0 Å². The lowest BCUT2D eigenvalue weighted by Gasteiger charge is -2.37. The Balaban J connectivity index is 1.63. The maximum Gasteiger partial charge on any atom is 0.161 e. The number of hydrogen-bond donors (Lipinski definition) is 1. The molecule has 1 saturated heterocycles. The minimum Gasteiger partial charge on any atom is -0.389 e. The summed E-state index contributed by atoms with van der Waals surface area (Å²) in [6.45, 7) is 9.49. The van der Waals surface area contributed by atoms with E-state index in [1.165, 1.54) is 11.1 Å². The Morgan fingerprint density at radius 3 is 2.36 bits per heavy atom. The Bertz CT molecular complexity index is 1080. The monoisotopic (exact) mass is 490 g/mol. The molecule has 2 aromatic carbocycles. The molecule has 7 nitrogen and oxygen atoms in total. The molecular weight excluding hydrogens is 452 g/mol. The van der Waals surface area contributed by atoms with Crippen LogP contribution in [0.2, 0.25) is 0 Å². The predicted octanol–water partition coefficient (Wildman–Crippen LogP) is 3.71. The number of benzene rings is 2. The molecule has 7 heteroatoms. The smallest absolute Gasteiger partial charge is 0.161 e. The van der Waals surface area contributed by atoms with Gasteiger partial charge in [-0.05, 0) is 19.4 Å². The molecule has 1 aromatic heterocycles. The summed E-state index contributed by atoms with van der Waals surface area (Å²) < 4.78 is 11.0. The Morgan fingerprint density at radius 1 is 0.972 bits per heavy atom. The van der Waals surface area contributed by atoms with Gasteiger partial charge < -0.3 is 19.5 Å². The first kappa shape index (κ1) is 26.2. The average Bonchev–Trinajstić information content (AvgIpc) is 2.90. The second-order valence-electron chi connectivity index (χ2n) is 9.36. The van der Waals surface area contributed by atoms with Crippen LogP contribution in [-0.2, 0) is 22.5 Å². The van der Waals surface area contributed by atoms with Gasteiger partial charge in [-0.25, -0.2) is 9.97 Å². The topological polar surface area (TPSA) is 71.0 Å². The largest absolute Gasteiger partial charge is 0.389 e. The van der Waals surface area contributed by atoms with Crippen molar-refractivity contribution in [1.29, 1.82) is 0 Å². The number of hydrogen-bond acceptors (Lipinski definition) is 7. The van der Waals surface area contributed by atoms with Gasteiger partial charge in [0.25, 0.3) is 0 Å². The summed E-state index contributed by atoms with van der Waals surface area (Å²) in [6.07, 6.45) is 0.280. The third-order valence-electron chi connectivity index (χ3n) is 6.54. The van der Waals surface area contributed by atoms with Crippen LogP contribution in [0.4, 0.5) is 5.82 Å². The zero-order valence-corrected chi connectivity index (χ0v) is 21.7. The third kappa shape index (κ3) is 6.89. The highest BCUT2D eigenvalue weighted by atomic mass is 16.5. The number of ether oxygens (including phenoxy) is 2.